The van der Waals surface area contributed by atoms with Crippen LogP contribution in [0.1, 0.15) is 37.8 Å². The van der Waals surface area contributed by atoms with Crippen molar-refractivity contribution in [1.82, 2.24) is 14.8 Å². The first kappa shape index (κ1) is 22.0. The zero-order valence-corrected chi connectivity index (χ0v) is 18.1. The van der Waals surface area contributed by atoms with Crippen LogP contribution in [0.5, 0.6) is 0 Å². The average molecular weight is 414 g/mol. The number of aromatic nitrogens is 1. The third kappa shape index (κ3) is 4.56. The number of aliphatic hydroxyl groups is 1. The van der Waals surface area contributed by atoms with E-state index in [1.54, 1.807) is 29.4 Å². The van der Waals surface area contributed by atoms with Gasteiger partial charge in [0.25, 0.3) is 5.56 Å². The average Bonchev–Trinajstić information content (AvgIpc) is 2.87. The van der Waals surface area contributed by atoms with Gasteiger partial charge in [0.1, 0.15) is 6.54 Å². The number of carbonyl (C=O) groups is 2. The third-order valence-corrected chi connectivity index (χ3v) is 5.91. The highest BCUT2D eigenvalue weighted by molar-refractivity contribution is 5.87. The van der Waals surface area contributed by atoms with Crippen molar-refractivity contribution in [3.05, 3.63) is 45.7 Å². The second-order valence-corrected chi connectivity index (χ2v) is 8.52. The largest absolute Gasteiger partial charge is 0.391 e. The van der Waals surface area contributed by atoms with Crippen molar-refractivity contribution in [2.45, 2.75) is 59.2 Å². The van der Waals surface area contributed by atoms with Crippen molar-refractivity contribution in [3.63, 3.8) is 0 Å². The van der Waals surface area contributed by atoms with E-state index < -0.39 is 6.10 Å². The molecule has 2 atom stereocenters. The molecule has 162 valence electrons. The Labute approximate surface area is 176 Å². The fourth-order valence-corrected chi connectivity index (χ4v) is 4.03. The molecule has 7 heteroatoms. The molecule has 1 aromatic carbocycles. The summed E-state index contributed by atoms with van der Waals surface area (Å²) >= 11 is 0. The van der Waals surface area contributed by atoms with Gasteiger partial charge in [-0.1, -0.05) is 32.0 Å². The summed E-state index contributed by atoms with van der Waals surface area (Å²) in [5.74, 6) is -0.427. The fourth-order valence-electron chi connectivity index (χ4n) is 4.03. The number of hydrogen-bond acceptors (Lipinski definition) is 4. The second kappa shape index (κ2) is 9.00. The van der Waals surface area contributed by atoms with Gasteiger partial charge in [0.15, 0.2) is 0 Å². The van der Waals surface area contributed by atoms with Gasteiger partial charge in [-0.25, -0.2) is 0 Å². The summed E-state index contributed by atoms with van der Waals surface area (Å²) < 4.78 is 1.54. The number of para-hydroxylation sites is 1. The molecule has 0 saturated carbocycles. The minimum atomic E-state index is -0.698. The number of aliphatic hydroxyl groups excluding tert-OH is 1. The van der Waals surface area contributed by atoms with Gasteiger partial charge < -0.3 is 15.3 Å². The normalized spacial score (nSPS) is 19.7. The third-order valence-electron chi connectivity index (χ3n) is 5.91. The number of fused-ring (bicyclic) bond motifs is 1. The summed E-state index contributed by atoms with van der Waals surface area (Å²) in [5.41, 5.74) is 2.43. The highest BCUT2D eigenvalue weighted by Gasteiger charge is 2.29. The molecular formula is C23H31N3O4. The van der Waals surface area contributed by atoms with Gasteiger partial charge in [-0.2, -0.15) is 0 Å². The summed E-state index contributed by atoms with van der Waals surface area (Å²) in [6, 6.07) is 7.04. The van der Waals surface area contributed by atoms with E-state index >= 15 is 0 Å². The lowest BCUT2D eigenvalue weighted by Gasteiger charge is -2.23. The number of likely N-dealkylation sites (tertiary alicyclic amines) is 1. The molecule has 1 aliphatic rings. The molecule has 0 bridgehead atoms. The van der Waals surface area contributed by atoms with Crippen LogP contribution in [0.4, 0.5) is 0 Å². The maximum Gasteiger partial charge on any atom is 0.251 e. The molecule has 0 spiro atoms. The number of hydrogen-bond donors (Lipinski definition) is 2. The molecule has 1 aliphatic heterocycles. The van der Waals surface area contributed by atoms with E-state index in [-0.39, 0.29) is 35.9 Å². The van der Waals surface area contributed by atoms with Gasteiger partial charge in [-0.15, -0.1) is 0 Å². The Morgan fingerprint density at radius 3 is 2.57 bits per heavy atom. The van der Waals surface area contributed by atoms with Gasteiger partial charge in [-0.05, 0) is 37.8 Å². The molecule has 0 unspecified atom stereocenters. The SMILES string of the molecule is Cc1cc(=O)n(CC(=O)N2CC[C@H](NC(=O)C(C)C)[C@@H](O)CC2)c2c(C)cccc12. The van der Waals surface area contributed by atoms with E-state index in [0.717, 1.165) is 22.0 Å². The first-order valence-electron chi connectivity index (χ1n) is 10.5. The molecule has 1 fully saturated rings. The molecule has 2 aromatic rings. The minimum absolute atomic E-state index is 0.0421. The van der Waals surface area contributed by atoms with Crippen molar-refractivity contribution in [2.24, 2.45) is 5.92 Å². The second-order valence-electron chi connectivity index (χ2n) is 8.52. The number of pyridine rings is 1. The lowest BCUT2D eigenvalue weighted by atomic mass is 10.1. The van der Waals surface area contributed by atoms with Crippen molar-refractivity contribution >= 4 is 22.7 Å². The van der Waals surface area contributed by atoms with E-state index in [2.05, 4.69) is 5.32 Å². The molecule has 3 rings (SSSR count). The molecule has 2 heterocycles. The van der Waals surface area contributed by atoms with E-state index in [9.17, 15) is 19.5 Å². The predicted molar refractivity (Wildman–Crippen MR) is 116 cm³/mol. The molecular weight excluding hydrogens is 382 g/mol. The fraction of sp³-hybridized carbons (Fsp3) is 0.522. The van der Waals surface area contributed by atoms with E-state index in [4.69, 9.17) is 0 Å². The number of rotatable bonds is 4. The zero-order chi connectivity index (χ0) is 22.0. The number of carbonyl (C=O) groups excluding carboxylic acids is 2. The maximum atomic E-state index is 13.1. The van der Waals surface area contributed by atoms with Gasteiger partial charge in [0.2, 0.25) is 11.8 Å². The van der Waals surface area contributed by atoms with Crippen LogP contribution in [0.25, 0.3) is 10.9 Å². The van der Waals surface area contributed by atoms with Crippen LogP contribution in [0.15, 0.2) is 29.1 Å². The van der Waals surface area contributed by atoms with E-state index in [1.807, 2.05) is 32.0 Å². The maximum absolute atomic E-state index is 13.1. The van der Waals surface area contributed by atoms with E-state index in [0.29, 0.717) is 25.9 Å². The summed E-state index contributed by atoms with van der Waals surface area (Å²) in [7, 11) is 0. The quantitative estimate of drug-likeness (QED) is 0.799. The summed E-state index contributed by atoms with van der Waals surface area (Å²) in [5, 5.41) is 14.3. The smallest absolute Gasteiger partial charge is 0.251 e. The number of amides is 2. The van der Waals surface area contributed by atoms with Gasteiger partial charge >= 0.3 is 0 Å². The van der Waals surface area contributed by atoms with Crippen molar-refractivity contribution in [2.75, 3.05) is 13.1 Å². The number of nitrogens with one attached hydrogen (secondary N) is 1. The van der Waals surface area contributed by atoms with Crippen LogP contribution >= 0.6 is 0 Å². The topological polar surface area (TPSA) is 91.6 Å². The lowest BCUT2D eigenvalue weighted by Crippen LogP contribution is -2.45. The van der Waals surface area contributed by atoms with Gasteiger partial charge in [0.05, 0.1) is 17.7 Å². The first-order valence-corrected chi connectivity index (χ1v) is 10.5. The Kier molecular flexibility index (Phi) is 6.61. The van der Waals surface area contributed by atoms with Crippen LogP contribution < -0.4 is 10.9 Å². The highest BCUT2D eigenvalue weighted by Crippen LogP contribution is 2.20. The summed E-state index contributed by atoms with van der Waals surface area (Å²) in [6.45, 7) is 8.23. The Balaban J connectivity index is 1.79. The number of aryl methyl sites for hydroxylation is 2. The Hall–Kier alpha value is -2.67. The molecule has 0 aliphatic carbocycles. The van der Waals surface area contributed by atoms with Crippen molar-refractivity contribution < 1.29 is 14.7 Å². The Bertz CT molecular complexity index is 1010. The predicted octanol–water partition coefficient (Wildman–Crippen LogP) is 1.74. The van der Waals surface area contributed by atoms with Crippen LogP contribution in [0.3, 0.4) is 0 Å². The molecule has 1 saturated heterocycles. The van der Waals surface area contributed by atoms with Crippen LogP contribution in [0, 0.1) is 19.8 Å². The lowest BCUT2D eigenvalue weighted by molar-refractivity contribution is -0.131. The zero-order valence-electron chi connectivity index (χ0n) is 18.1. The Morgan fingerprint density at radius 1 is 1.17 bits per heavy atom. The van der Waals surface area contributed by atoms with Gasteiger partial charge in [0, 0.05) is 30.5 Å². The number of benzene rings is 1. The Morgan fingerprint density at radius 2 is 1.87 bits per heavy atom. The molecule has 30 heavy (non-hydrogen) atoms. The van der Waals surface area contributed by atoms with Crippen molar-refractivity contribution in [3.8, 4) is 0 Å². The van der Waals surface area contributed by atoms with Crippen LogP contribution in [-0.4, -0.2) is 51.6 Å². The monoisotopic (exact) mass is 413 g/mol. The van der Waals surface area contributed by atoms with Crippen LogP contribution in [0.2, 0.25) is 0 Å². The molecule has 0 radical (unpaired) electrons. The summed E-state index contributed by atoms with van der Waals surface area (Å²) in [4.78, 5) is 39.4. The first-order chi connectivity index (χ1) is 14.2. The van der Waals surface area contributed by atoms with Crippen LogP contribution in [-0.2, 0) is 16.1 Å². The van der Waals surface area contributed by atoms with Crippen molar-refractivity contribution in [1.29, 1.82) is 0 Å². The molecule has 7 nitrogen and oxygen atoms in total. The highest BCUT2D eigenvalue weighted by atomic mass is 16.3. The molecule has 2 N–H and O–H groups in total. The van der Waals surface area contributed by atoms with Gasteiger partial charge in [-0.3, -0.25) is 19.0 Å². The summed E-state index contributed by atoms with van der Waals surface area (Å²) in [6.07, 6.45) is 0.168. The standard InChI is InChI=1S/C23H31N3O4/c1-14(2)23(30)24-18-8-10-25(11-9-19(18)27)21(29)13-26-20(28)12-16(4)17-7-5-6-15(3)22(17)26/h5-7,12,14,18-19,27H,8-11,13H2,1-4H3,(H,24,30)/t18-,19-/m0/s1. The van der Waals surface area contributed by atoms with E-state index in [1.165, 1.54) is 0 Å². The molecule has 2 amide bonds. The number of nitrogens with zero attached hydrogens (tertiary/aromatic N) is 2. The minimum Gasteiger partial charge on any atom is -0.391 e. The molecule has 1 aromatic heterocycles.